The Labute approximate surface area is 227 Å². The normalized spacial score (nSPS) is 24.6. The predicted octanol–water partition coefficient (Wildman–Crippen LogP) is 6.35. The van der Waals surface area contributed by atoms with Crippen molar-refractivity contribution in [1.29, 1.82) is 0 Å². The first kappa shape index (κ1) is 23.6. The second-order valence-corrected chi connectivity index (χ2v) is 10.6. The number of aryl methyl sites for hydroxylation is 1. The first-order valence-electron chi connectivity index (χ1n) is 13.5. The van der Waals surface area contributed by atoms with Gasteiger partial charge in [-0.25, -0.2) is 4.90 Å². The number of carbonyl (C=O) groups is 2. The number of amides is 2. The zero-order valence-electron chi connectivity index (χ0n) is 21.9. The van der Waals surface area contributed by atoms with E-state index in [1.165, 1.54) is 4.90 Å². The summed E-state index contributed by atoms with van der Waals surface area (Å²) in [6.07, 6.45) is 1.94. The van der Waals surface area contributed by atoms with E-state index < -0.39 is 17.3 Å². The van der Waals surface area contributed by atoms with Crippen LogP contribution in [0.5, 0.6) is 5.75 Å². The van der Waals surface area contributed by atoms with Gasteiger partial charge in [0.15, 0.2) is 0 Å². The lowest BCUT2D eigenvalue weighted by Crippen LogP contribution is -2.54. The van der Waals surface area contributed by atoms with Gasteiger partial charge in [-0.05, 0) is 78.1 Å². The minimum atomic E-state index is -0.872. The second kappa shape index (κ2) is 8.77. The number of carbonyl (C=O) groups excluding carboxylic acids is 2. The molecule has 0 radical (unpaired) electrons. The molecule has 8 rings (SSSR count). The molecule has 5 nitrogen and oxygen atoms in total. The molecule has 0 N–H and O–H groups in total. The lowest BCUT2D eigenvalue weighted by atomic mass is 9.47. The minimum Gasteiger partial charge on any atom is -0.494 e. The number of benzene rings is 4. The van der Waals surface area contributed by atoms with Crippen LogP contribution >= 0.6 is 0 Å². The molecule has 5 heteroatoms. The molecule has 39 heavy (non-hydrogen) atoms. The Bertz CT molecular complexity index is 1610. The van der Waals surface area contributed by atoms with Crippen LogP contribution < -0.4 is 9.64 Å². The highest BCUT2D eigenvalue weighted by atomic mass is 16.5. The van der Waals surface area contributed by atoms with E-state index in [0.29, 0.717) is 18.0 Å². The third kappa shape index (κ3) is 3.29. The number of imide groups is 1. The Kier molecular flexibility index (Phi) is 5.31. The third-order valence-corrected chi connectivity index (χ3v) is 8.51. The average molecular weight is 513 g/mol. The van der Waals surface area contributed by atoms with Crippen molar-refractivity contribution < 1.29 is 14.3 Å². The van der Waals surface area contributed by atoms with Gasteiger partial charge in [0.05, 0.1) is 35.2 Å². The molecule has 3 aliphatic carbocycles. The van der Waals surface area contributed by atoms with E-state index in [9.17, 15) is 9.59 Å². The van der Waals surface area contributed by atoms with Gasteiger partial charge in [0.25, 0.3) is 0 Å². The molecule has 1 aliphatic heterocycles. The van der Waals surface area contributed by atoms with Crippen LogP contribution in [0.4, 0.5) is 11.4 Å². The fraction of sp³-hybridized carbons (Fsp3) is 0.206. The molecule has 2 bridgehead atoms. The molecule has 2 unspecified atom stereocenters. The summed E-state index contributed by atoms with van der Waals surface area (Å²) in [6.45, 7) is 4.51. The van der Waals surface area contributed by atoms with E-state index in [0.717, 1.165) is 33.5 Å². The first-order chi connectivity index (χ1) is 19.0. The summed E-state index contributed by atoms with van der Waals surface area (Å²) < 4.78 is 5.59. The molecule has 0 spiro atoms. The fourth-order valence-electron chi connectivity index (χ4n) is 7.05. The van der Waals surface area contributed by atoms with Crippen molar-refractivity contribution in [3.63, 3.8) is 0 Å². The van der Waals surface area contributed by atoms with Crippen LogP contribution in [0, 0.1) is 18.8 Å². The summed E-state index contributed by atoms with van der Waals surface area (Å²) in [6, 6.07) is 31.8. The second-order valence-electron chi connectivity index (χ2n) is 10.6. The summed E-state index contributed by atoms with van der Waals surface area (Å²) in [5.41, 5.74) is 5.95. The van der Waals surface area contributed by atoms with Crippen molar-refractivity contribution in [3.05, 3.63) is 125 Å². The van der Waals surface area contributed by atoms with Gasteiger partial charge < -0.3 is 4.74 Å². The number of rotatable bonds is 5. The topological polar surface area (TPSA) is 59.0 Å². The summed E-state index contributed by atoms with van der Waals surface area (Å²) >= 11 is 0. The predicted molar refractivity (Wildman–Crippen MR) is 152 cm³/mol. The van der Waals surface area contributed by atoms with Crippen LogP contribution in [-0.4, -0.2) is 24.6 Å². The molecule has 0 saturated carbocycles. The van der Waals surface area contributed by atoms with Crippen LogP contribution in [0.25, 0.3) is 0 Å². The molecule has 4 aromatic rings. The molecule has 192 valence electrons. The zero-order chi connectivity index (χ0) is 26.7. The molecule has 2 amide bonds. The van der Waals surface area contributed by atoms with Crippen LogP contribution in [-0.2, 0) is 15.0 Å². The van der Waals surface area contributed by atoms with Crippen LogP contribution in [0.15, 0.2) is 102 Å². The van der Waals surface area contributed by atoms with Gasteiger partial charge >= 0.3 is 0 Å². The van der Waals surface area contributed by atoms with E-state index in [-0.39, 0.29) is 17.7 Å². The molecule has 2 atom stereocenters. The van der Waals surface area contributed by atoms with Gasteiger partial charge in [-0.2, -0.15) is 0 Å². The smallest absolute Gasteiger partial charge is 0.239 e. The molecular formula is C34H28N2O3. The highest BCUT2D eigenvalue weighted by Crippen LogP contribution is 2.63. The molecular weight excluding hydrogens is 484 g/mol. The van der Waals surface area contributed by atoms with Gasteiger partial charge in [0.1, 0.15) is 5.75 Å². The highest BCUT2D eigenvalue weighted by molar-refractivity contribution is 6.25. The summed E-state index contributed by atoms with van der Waals surface area (Å²) in [4.78, 5) is 35.1. The van der Waals surface area contributed by atoms with Gasteiger partial charge in [-0.3, -0.25) is 14.6 Å². The van der Waals surface area contributed by atoms with Gasteiger partial charge in [0, 0.05) is 12.1 Å². The maximum absolute atomic E-state index is 14.5. The zero-order valence-corrected chi connectivity index (χ0v) is 21.9. The van der Waals surface area contributed by atoms with Crippen LogP contribution in [0.1, 0.15) is 40.7 Å². The summed E-state index contributed by atoms with van der Waals surface area (Å²) in [7, 11) is 0. The van der Waals surface area contributed by atoms with Crippen molar-refractivity contribution >= 4 is 29.4 Å². The van der Waals surface area contributed by atoms with Gasteiger partial charge in [0.2, 0.25) is 11.8 Å². The van der Waals surface area contributed by atoms with E-state index >= 15 is 0 Å². The molecule has 0 aromatic heterocycles. The Morgan fingerprint density at radius 2 is 1.51 bits per heavy atom. The quantitative estimate of drug-likeness (QED) is 0.231. The van der Waals surface area contributed by atoms with Crippen molar-refractivity contribution in [3.8, 4) is 5.75 Å². The monoisotopic (exact) mass is 512 g/mol. The SMILES string of the molecule is CCOc1ccc(N2C(=O)C3C4c5ccccc5C(C=Nc5cccc(C)c5)(c5ccccc54)C3C2=O)cc1. The maximum atomic E-state index is 14.5. The number of hydrogen-bond acceptors (Lipinski definition) is 4. The highest BCUT2D eigenvalue weighted by Gasteiger charge is 2.67. The molecule has 1 saturated heterocycles. The number of anilines is 1. The van der Waals surface area contributed by atoms with Crippen LogP contribution in [0.3, 0.4) is 0 Å². The maximum Gasteiger partial charge on any atom is 0.239 e. The van der Waals surface area contributed by atoms with E-state index in [4.69, 9.17) is 9.73 Å². The Morgan fingerprint density at radius 3 is 2.15 bits per heavy atom. The summed E-state index contributed by atoms with van der Waals surface area (Å²) in [5, 5.41) is 0. The standard InChI is InChI=1S/C34H28N2O3/c1-3-39-24-17-15-23(16-18-24)36-32(37)30-29-25-11-4-6-13-27(25)34(31(30)33(36)38,28-14-7-5-12-26(28)29)20-35-22-10-8-9-21(2)19-22/h4-20,29-31H,3H2,1-2H3. The van der Waals surface area contributed by atoms with E-state index in [2.05, 4.69) is 24.3 Å². The third-order valence-electron chi connectivity index (χ3n) is 8.51. The molecule has 4 aromatic carbocycles. The minimum absolute atomic E-state index is 0.156. The Hall–Kier alpha value is -4.51. The molecule has 1 heterocycles. The van der Waals surface area contributed by atoms with E-state index in [1.54, 1.807) is 12.1 Å². The number of nitrogens with zero attached hydrogens (tertiary/aromatic N) is 2. The summed E-state index contributed by atoms with van der Waals surface area (Å²) in [5.74, 6) is -0.937. The van der Waals surface area contributed by atoms with Crippen molar-refractivity contribution in [2.24, 2.45) is 16.8 Å². The van der Waals surface area contributed by atoms with Crippen LogP contribution in [0.2, 0.25) is 0 Å². The average Bonchev–Trinajstić information content (AvgIpc) is 3.23. The molecule has 1 fully saturated rings. The Balaban J connectivity index is 1.45. The molecule has 4 aliphatic rings. The lowest BCUT2D eigenvalue weighted by Gasteiger charge is -2.52. The Morgan fingerprint density at radius 1 is 0.846 bits per heavy atom. The van der Waals surface area contributed by atoms with Gasteiger partial charge in [-0.1, -0.05) is 60.7 Å². The number of aliphatic imine (C=N–C) groups is 1. The number of hydrogen-bond donors (Lipinski definition) is 0. The lowest BCUT2D eigenvalue weighted by molar-refractivity contribution is -0.122. The van der Waals surface area contributed by atoms with Crippen molar-refractivity contribution in [1.82, 2.24) is 0 Å². The van der Waals surface area contributed by atoms with E-state index in [1.807, 2.05) is 80.7 Å². The first-order valence-corrected chi connectivity index (χ1v) is 13.5. The number of ether oxygens (including phenoxy) is 1. The van der Waals surface area contributed by atoms with Gasteiger partial charge in [-0.15, -0.1) is 0 Å². The van der Waals surface area contributed by atoms with Crippen molar-refractivity contribution in [2.75, 3.05) is 11.5 Å². The fourth-order valence-corrected chi connectivity index (χ4v) is 7.05. The largest absolute Gasteiger partial charge is 0.494 e. The van der Waals surface area contributed by atoms with Crippen molar-refractivity contribution in [2.45, 2.75) is 25.2 Å².